The van der Waals surface area contributed by atoms with Crippen molar-refractivity contribution in [3.63, 3.8) is 0 Å². The predicted octanol–water partition coefficient (Wildman–Crippen LogP) is 2.03. The molecule has 0 aromatic carbocycles. The molecule has 2 aliphatic rings. The Hall–Kier alpha value is -1.06. The Morgan fingerprint density at radius 1 is 1.12 bits per heavy atom. The molecule has 2 unspecified atom stereocenters. The highest BCUT2D eigenvalue weighted by atomic mass is 16.4. The van der Waals surface area contributed by atoms with Gasteiger partial charge in [0, 0.05) is 12.1 Å². The molecule has 1 saturated heterocycles. The summed E-state index contributed by atoms with van der Waals surface area (Å²) in [6.45, 7) is 4.06. The van der Waals surface area contributed by atoms with Crippen LogP contribution in [0.2, 0.25) is 0 Å². The van der Waals surface area contributed by atoms with E-state index in [0.717, 1.165) is 25.7 Å². The number of carboxylic acid groups (broad SMARTS) is 1. The maximum atomic E-state index is 12.5. The van der Waals surface area contributed by atoms with E-state index in [1.54, 1.807) is 0 Å². The van der Waals surface area contributed by atoms with Gasteiger partial charge in [-0.15, -0.1) is 0 Å². The van der Waals surface area contributed by atoms with E-state index in [0.29, 0.717) is 12.8 Å². The number of carbonyl (C=O) groups is 2. The van der Waals surface area contributed by atoms with Gasteiger partial charge in [-0.3, -0.25) is 9.59 Å². The highest BCUT2D eigenvalue weighted by molar-refractivity contribution is 6.03. The van der Waals surface area contributed by atoms with Crippen LogP contribution in [0.15, 0.2) is 0 Å². The summed E-state index contributed by atoms with van der Waals surface area (Å²) < 4.78 is 0. The molecule has 0 radical (unpaired) electrons. The monoisotopic (exact) mass is 239 g/mol. The van der Waals surface area contributed by atoms with Gasteiger partial charge in [-0.2, -0.15) is 0 Å². The zero-order chi connectivity index (χ0) is 12.6. The Bertz CT molecular complexity index is 326. The van der Waals surface area contributed by atoms with Crippen LogP contribution in [-0.2, 0) is 9.59 Å². The molecule has 4 nitrogen and oxygen atoms in total. The van der Waals surface area contributed by atoms with Crippen LogP contribution in [-0.4, -0.2) is 34.0 Å². The first-order valence-corrected chi connectivity index (χ1v) is 6.55. The average molecular weight is 239 g/mol. The number of carbonyl (C=O) groups excluding carboxylic acids is 1. The number of rotatable bonds is 2. The zero-order valence-electron chi connectivity index (χ0n) is 10.6. The highest BCUT2D eigenvalue weighted by Crippen LogP contribution is 2.44. The molecule has 1 aliphatic heterocycles. The zero-order valence-corrected chi connectivity index (χ0v) is 10.6. The molecule has 2 atom stereocenters. The normalized spacial score (nSPS) is 31.8. The Kier molecular flexibility index (Phi) is 3.15. The molecule has 1 saturated carbocycles. The van der Waals surface area contributed by atoms with Crippen LogP contribution in [0.5, 0.6) is 0 Å². The number of likely N-dealkylation sites (tertiary alicyclic amines) is 1. The van der Waals surface area contributed by atoms with E-state index in [-0.39, 0.29) is 18.0 Å². The molecular formula is C13H21NO3. The van der Waals surface area contributed by atoms with Crippen LogP contribution in [0.4, 0.5) is 0 Å². The Labute approximate surface area is 102 Å². The summed E-state index contributed by atoms with van der Waals surface area (Å²) in [5.74, 6) is -1.07. The van der Waals surface area contributed by atoms with Crippen molar-refractivity contribution in [2.75, 3.05) is 0 Å². The Morgan fingerprint density at radius 2 is 1.65 bits per heavy atom. The number of amides is 1. The molecule has 0 aromatic rings. The average Bonchev–Trinajstić information content (AvgIpc) is 2.14. The molecule has 1 heterocycles. The van der Waals surface area contributed by atoms with Crippen molar-refractivity contribution in [2.45, 2.75) is 64.5 Å². The third-order valence-electron chi connectivity index (χ3n) is 4.45. The number of aliphatic carboxylic acids is 1. The third kappa shape index (κ3) is 1.83. The van der Waals surface area contributed by atoms with Gasteiger partial charge in [0.1, 0.15) is 5.41 Å². The molecular weight excluding hydrogens is 218 g/mol. The number of nitrogens with zero attached hydrogens (tertiary/aromatic N) is 1. The van der Waals surface area contributed by atoms with Crippen molar-refractivity contribution in [3.05, 3.63) is 0 Å². The van der Waals surface area contributed by atoms with Gasteiger partial charge in [0.05, 0.1) is 0 Å². The van der Waals surface area contributed by atoms with E-state index in [1.165, 1.54) is 0 Å². The lowest BCUT2D eigenvalue weighted by Crippen LogP contribution is -2.58. The fourth-order valence-corrected chi connectivity index (χ4v) is 3.12. The molecule has 0 bridgehead atoms. The smallest absolute Gasteiger partial charge is 0.319 e. The standard InChI is InChI=1S/C13H21NO3/c1-9-5-3-6-10(2)14(9)11(15)13(12(16)17)7-4-8-13/h9-10H,3-8H2,1-2H3,(H,16,17). The molecule has 4 heteroatoms. The van der Waals surface area contributed by atoms with E-state index >= 15 is 0 Å². The molecule has 0 aromatic heterocycles. The Balaban J connectivity index is 2.20. The molecule has 1 aliphatic carbocycles. The van der Waals surface area contributed by atoms with E-state index in [4.69, 9.17) is 0 Å². The van der Waals surface area contributed by atoms with E-state index in [9.17, 15) is 14.7 Å². The molecule has 17 heavy (non-hydrogen) atoms. The van der Waals surface area contributed by atoms with Gasteiger partial charge in [0.2, 0.25) is 5.91 Å². The van der Waals surface area contributed by atoms with Gasteiger partial charge in [0.15, 0.2) is 0 Å². The number of piperidine rings is 1. The molecule has 2 rings (SSSR count). The summed E-state index contributed by atoms with van der Waals surface area (Å²) in [5.41, 5.74) is -1.10. The van der Waals surface area contributed by atoms with Crippen LogP contribution in [0.1, 0.15) is 52.4 Å². The predicted molar refractivity (Wildman–Crippen MR) is 63.5 cm³/mol. The fourth-order valence-electron chi connectivity index (χ4n) is 3.12. The minimum absolute atomic E-state index is 0.143. The Morgan fingerprint density at radius 3 is 2.00 bits per heavy atom. The maximum Gasteiger partial charge on any atom is 0.319 e. The number of hydrogen-bond acceptors (Lipinski definition) is 2. The third-order valence-corrected chi connectivity index (χ3v) is 4.45. The molecule has 0 spiro atoms. The minimum atomic E-state index is -1.10. The summed E-state index contributed by atoms with van der Waals surface area (Å²) in [6, 6.07) is 0.367. The van der Waals surface area contributed by atoms with Crippen molar-refractivity contribution in [1.29, 1.82) is 0 Å². The van der Waals surface area contributed by atoms with Crippen molar-refractivity contribution >= 4 is 11.9 Å². The summed E-state index contributed by atoms with van der Waals surface area (Å²) in [5, 5.41) is 9.31. The second-order valence-electron chi connectivity index (χ2n) is 5.58. The largest absolute Gasteiger partial charge is 0.480 e. The summed E-state index contributed by atoms with van der Waals surface area (Å²) >= 11 is 0. The van der Waals surface area contributed by atoms with Crippen LogP contribution < -0.4 is 0 Å². The van der Waals surface area contributed by atoms with Gasteiger partial charge in [-0.1, -0.05) is 6.42 Å². The fraction of sp³-hybridized carbons (Fsp3) is 0.846. The van der Waals surface area contributed by atoms with E-state index in [2.05, 4.69) is 0 Å². The first kappa shape index (κ1) is 12.4. The van der Waals surface area contributed by atoms with Crippen molar-refractivity contribution in [1.82, 2.24) is 4.90 Å². The van der Waals surface area contributed by atoms with Crippen LogP contribution >= 0.6 is 0 Å². The van der Waals surface area contributed by atoms with Gasteiger partial charge in [-0.25, -0.2) is 0 Å². The molecule has 96 valence electrons. The SMILES string of the molecule is CC1CCCC(C)N1C(=O)C1(C(=O)O)CCC1. The van der Waals surface area contributed by atoms with E-state index < -0.39 is 11.4 Å². The molecule has 1 amide bonds. The molecule has 1 N–H and O–H groups in total. The summed E-state index contributed by atoms with van der Waals surface area (Å²) in [7, 11) is 0. The summed E-state index contributed by atoms with van der Waals surface area (Å²) in [6.07, 6.45) is 4.99. The minimum Gasteiger partial charge on any atom is -0.480 e. The number of hydrogen-bond donors (Lipinski definition) is 1. The van der Waals surface area contributed by atoms with E-state index in [1.807, 2.05) is 18.7 Å². The lowest BCUT2D eigenvalue weighted by Gasteiger charge is -2.46. The van der Waals surface area contributed by atoms with Crippen LogP contribution in [0.3, 0.4) is 0 Å². The highest BCUT2D eigenvalue weighted by Gasteiger charge is 2.54. The number of carboxylic acids is 1. The van der Waals surface area contributed by atoms with Gasteiger partial charge < -0.3 is 10.0 Å². The van der Waals surface area contributed by atoms with Crippen molar-refractivity contribution < 1.29 is 14.7 Å². The second-order valence-corrected chi connectivity index (χ2v) is 5.58. The topological polar surface area (TPSA) is 57.6 Å². The second kappa shape index (κ2) is 4.31. The van der Waals surface area contributed by atoms with Crippen LogP contribution in [0.25, 0.3) is 0 Å². The van der Waals surface area contributed by atoms with Gasteiger partial charge in [0.25, 0.3) is 0 Å². The molecule has 2 fully saturated rings. The van der Waals surface area contributed by atoms with Crippen molar-refractivity contribution in [2.24, 2.45) is 5.41 Å². The summed E-state index contributed by atoms with van der Waals surface area (Å²) in [4.78, 5) is 25.7. The first-order chi connectivity index (χ1) is 7.99. The lowest BCUT2D eigenvalue weighted by molar-refractivity contribution is -0.170. The van der Waals surface area contributed by atoms with Gasteiger partial charge in [-0.05, 0) is 46.0 Å². The lowest BCUT2D eigenvalue weighted by atomic mass is 9.67. The van der Waals surface area contributed by atoms with Crippen LogP contribution in [0, 0.1) is 5.41 Å². The first-order valence-electron chi connectivity index (χ1n) is 6.55. The maximum absolute atomic E-state index is 12.5. The van der Waals surface area contributed by atoms with Gasteiger partial charge >= 0.3 is 5.97 Å². The quantitative estimate of drug-likeness (QED) is 0.750. The van der Waals surface area contributed by atoms with Crippen molar-refractivity contribution in [3.8, 4) is 0 Å².